The molecule has 8 nitrogen and oxygen atoms in total. The van der Waals surface area contributed by atoms with E-state index in [0.29, 0.717) is 31.3 Å². The van der Waals surface area contributed by atoms with Crippen LogP contribution in [0.2, 0.25) is 0 Å². The summed E-state index contributed by atoms with van der Waals surface area (Å²) < 4.78 is 13.8. The van der Waals surface area contributed by atoms with Gasteiger partial charge >= 0.3 is 5.69 Å². The molecule has 0 aromatic carbocycles. The third kappa shape index (κ3) is 2.82. The summed E-state index contributed by atoms with van der Waals surface area (Å²) in [6.45, 7) is 3.04. The van der Waals surface area contributed by atoms with Gasteiger partial charge in [-0.25, -0.2) is 9.48 Å². The second kappa shape index (κ2) is 5.80. The molecule has 0 bridgehead atoms. The van der Waals surface area contributed by atoms with Crippen LogP contribution in [-0.2, 0) is 29.7 Å². The molecular weight excluding hydrogens is 288 g/mol. The summed E-state index contributed by atoms with van der Waals surface area (Å²) in [4.78, 5) is 23.9. The molecule has 0 spiro atoms. The average molecular weight is 306 g/mol. The van der Waals surface area contributed by atoms with Crippen LogP contribution in [0, 0.1) is 6.92 Å². The lowest BCUT2D eigenvalue weighted by atomic mass is 10.2. The highest BCUT2D eigenvalue weighted by atomic mass is 16.5. The fourth-order valence-electron chi connectivity index (χ4n) is 2.49. The monoisotopic (exact) mass is 306 g/mol. The van der Waals surface area contributed by atoms with Gasteiger partial charge in [-0.15, -0.1) is 0 Å². The van der Waals surface area contributed by atoms with E-state index in [2.05, 4.69) is 10.4 Å². The molecular formula is C14H18N4O4. The van der Waals surface area contributed by atoms with E-state index in [1.54, 1.807) is 11.6 Å². The zero-order chi connectivity index (χ0) is 15.7. The van der Waals surface area contributed by atoms with Crippen molar-refractivity contribution in [2.45, 2.75) is 32.5 Å². The smallest absolute Gasteiger partial charge is 0.345 e. The van der Waals surface area contributed by atoms with Gasteiger partial charge in [0.05, 0.1) is 26.1 Å². The summed E-state index contributed by atoms with van der Waals surface area (Å²) in [6.07, 6.45) is -0.378. The Bertz CT molecular complexity index is 742. The second-order valence-electron chi connectivity index (χ2n) is 5.27. The molecule has 1 atom stereocenters. The van der Waals surface area contributed by atoms with Crippen molar-refractivity contribution in [1.29, 1.82) is 0 Å². The van der Waals surface area contributed by atoms with E-state index in [0.717, 1.165) is 5.76 Å². The molecule has 22 heavy (non-hydrogen) atoms. The molecule has 1 unspecified atom stereocenters. The summed E-state index contributed by atoms with van der Waals surface area (Å²) >= 11 is 0. The molecule has 2 aromatic rings. The Morgan fingerprint density at radius 1 is 1.50 bits per heavy atom. The van der Waals surface area contributed by atoms with Crippen molar-refractivity contribution in [3.63, 3.8) is 0 Å². The molecule has 3 rings (SSSR count). The number of fused-ring (bicyclic) bond motifs is 1. The van der Waals surface area contributed by atoms with Crippen LogP contribution >= 0.6 is 0 Å². The van der Waals surface area contributed by atoms with Crippen LogP contribution in [0.1, 0.15) is 29.9 Å². The summed E-state index contributed by atoms with van der Waals surface area (Å²) in [5, 5.41) is 6.93. The van der Waals surface area contributed by atoms with E-state index >= 15 is 0 Å². The molecule has 0 saturated carbocycles. The van der Waals surface area contributed by atoms with E-state index in [1.165, 1.54) is 4.68 Å². The van der Waals surface area contributed by atoms with Crippen molar-refractivity contribution in [2.24, 2.45) is 7.05 Å². The summed E-state index contributed by atoms with van der Waals surface area (Å²) in [5.41, 5.74) is -0.185. The first-order valence-corrected chi connectivity index (χ1v) is 7.12. The van der Waals surface area contributed by atoms with Crippen LogP contribution in [0.4, 0.5) is 0 Å². The normalized spacial score (nSPS) is 17.3. The first-order chi connectivity index (χ1) is 10.5. The predicted octanol–water partition coefficient (Wildman–Crippen LogP) is 0.261. The highest BCUT2D eigenvalue weighted by molar-refractivity contribution is 5.76. The molecule has 1 N–H and O–H groups in total. The maximum absolute atomic E-state index is 12.0. The SMILES string of the molecule is Cc1ccc(CNC(=O)CC2OCCn3c2nn(C)c3=O)o1. The Morgan fingerprint density at radius 3 is 3.05 bits per heavy atom. The third-order valence-electron chi connectivity index (χ3n) is 3.59. The number of aryl methyl sites for hydroxylation is 2. The topological polar surface area (TPSA) is 91.3 Å². The molecule has 0 aliphatic carbocycles. The first kappa shape index (κ1) is 14.6. The largest absolute Gasteiger partial charge is 0.465 e. The van der Waals surface area contributed by atoms with E-state index in [4.69, 9.17) is 9.15 Å². The Hall–Kier alpha value is -2.35. The van der Waals surface area contributed by atoms with Crippen molar-refractivity contribution in [3.05, 3.63) is 40.0 Å². The van der Waals surface area contributed by atoms with Gasteiger partial charge in [-0.1, -0.05) is 0 Å². The van der Waals surface area contributed by atoms with Crippen molar-refractivity contribution in [2.75, 3.05) is 6.61 Å². The Morgan fingerprint density at radius 2 is 2.32 bits per heavy atom. The number of aromatic nitrogens is 3. The molecule has 0 fully saturated rings. The van der Waals surface area contributed by atoms with Crippen LogP contribution in [0.25, 0.3) is 0 Å². The van der Waals surface area contributed by atoms with Gasteiger partial charge in [-0.3, -0.25) is 9.36 Å². The highest BCUT2D eigenvalue weighted by Gasteiger charge is 2.28. The number of nitrogens with one attached hydrogen (secondary N) is 1. The Labute approximate surface area is 126 Å². The Balaban J connectivity index is 1.63. The van der Waals surface area contributed by atoms with Gasteiger partial charge in [-0.2, -0.15) is 5.10 Å². The van der Waals surface area contributed by atoms with Crippen molar-refractivity contribution < 1.29 is 13.9 Å². The number of amides is 1. The summed E-state index contributed by atoms with van der Waals surface area (Å²) in [7, 11) is 1.59. The maximum Gasteiger partial charge on any atom is 0.345 e. The van der Waals surface area contributed by atoms with Crippen LogP contribution < -0.4 is 11.0 Å². The van der Waals surface area contributed by atoms with Gasteiger partial charge in [0.15, 0.2) is 5.82 Å². The summed E-state index contributed by atoms with van der Waals surface area (Å²) in [5.74, 6) is 1.83. The highest BCUT2D eigenvalue weighted by Crippen LogP contribution is 2.22. The molecule has 0 saturated heterocycles. The minimum Gasteiger partial charge on any atom is -0.465 e. The van der Waals surface area contributed by atoms with Gasteiger partial charge < -0.3 is 14.5 Å². The minimum atomic E-state index is -0.499. The number of hydrogen-bond donors (Lipinski definition) is 1. The molecule has 0 radical (unpaired) electrons. The molecule has 1 amide bonds. The van der Waals surface area contributed by atoms with Crippen molar-refractivity contribution in [3.8, 4) is 0 Å². The number of carbonyl (C=O) groups is 1. The van der Waals surface area contributed by atoms with Crippen LogP contribution in [0.15, 0.2) is 21.3 Å². The van der Waals surface area contributed by atoms with Crippen molar-refractivity contribution in [1.82, 2.24) is 19.7 Å². The number of ether oxygens (including phenoxy) is 1. The van der Waals surface area contributed by atoms with Crippen LogP contribution in [0.3, 0.4) is 0 Å². The molecule has 1 aliphatic heterocycles. The predicted molar refractivity (Wildman–Crippen MR) is 76.1 cm³/mol. The van der Waals surface area contributed by atoms with Gasteiger partial charge in [0.25, 0.3) is 0 Å². The fourth-order valence-corrected chi connectivity index (χ4v) is 2.49. The average Bonchev–Trinajstić information content (AvgIpc) is 3.03. The second-order valence-corrected chi connectivity index (χ2v) is 5.27. The van der Waals surface area contributed by atoms with Gasteiger partial charge in [-0.05, 0) is 19.1 Å². The van der Waals surface area contributed by atoms with E-state index in [-0.39, 0.29) is 18.0 Å². The fraction of sp³-hybridized carbons (Fsp3) is 0.500. The maximum atomic E-state index is 12.0. The molecule has 3 heterocycles. The molecule has 8 heteroatoms. The zero-order valence-corrected chi connectivity index (χ0v) is 12.5. The van der Waals surface area contributed by atoms with Crippen LogP contribution in [-0.4, -0.2) is 26.9 Å². The minimum absolute atomic E-state index is 0.121. The molecule has 118 valence electrons. The Kier molecular flexibility index (Phi) is 3.84. The number of nitrogens with zero attached hydrogens (tertiary/aromatic N) is 3. The lowest BCUT2D eigenvalue weighted by molar-refractivity contribution is -0.125. The standard InChI is InChI=1S/C14H18N4O4/c1-9-3-4-10(22-9)8-15-12(19)7-11-13-16-17(2)14(20)18(13)5-6-21-11/h3-4,11H,5-8H2,1-2H3,(H,15,19). The number of carbonyl (C=O) groups excluding carboxylic acids is 1. The quantitative estimate of drug-likeness (QED) is 0.875. The first-order valence-electron chi connectivity index (χ1n) is 7.12. The van der Waals surface area contributed by atoms with Gasteiger partial charge in [0.2, 0.25) is 5.91 Å². The number of hydrogen-bond acceptors (Lipinski definition) is 5. The van der Waals surface area contributed by atoms with E-state index in [9.17, 15) is 9.59 Å². The zero-order valence-electron chi connectivity index (χ0n) is 12.5. The van der Waals surface area contributed by atoms with Gasteiger partial charge in [0.1, 0.15) is 17.6 Å². The summed E-state index contributed by atoms with van der Waals surface area (Å²) in [6, 6.07) is 3.67. The van der Waals surface area contributed by atoms with Gasteiger partial charge in [0, 0.05) is 7.05 Å². The molecule has 2 aromatic heterocycles. The van der Waals surface area contributed by atoms with E-state index in [1.807, 2.05) is 19.1 Å². The lowest BCUT2D eigenvalue weighted by Gasteiger charge is -2.22. The van der Waals surface area contributed by atoms with Crippen molar-refractivity contribution >= 4 is 5.91 Å². The number of furan rings is 1. The third-order valence-corrected chi connectivity index (χ3v) is 3.59. The van der Waals surface area contributed by atoms with Crippen LogP contribution in [0.5, 0.6) is 0 Å². The lowest BCUT2D eigenvalue weighted by Crippen LogP contribution is -2.32. The molecule has 1 aliphatic rings. The van der Waals surface area contributed by atoms with E-state index < -0.39 is 6.10 Å². The number of rotatable bonds is 4.